The summed E-state index contributed by atoms with van der Waals surface area (Å²) < 4.78 is 10.0. The van der Waals surface area contributed by atoms with Crippen LogP contribution >= 0.6 is 0 Å². The molecular weight excluding hydrogens is 240 g/mol. The molecule has 18 heavy (non-hydrogen) atoms. The minimum Gasteiger partial charge on any atom is -0.481 e. The molecule has 0 spiro atoms. The van der Waals surface area contributed by atoms with Crippen LogP contribution in [-0.4, -0.2) is 56.6 Å². The number of nitrogens with one attached hydrogen (secondary N) is 2. The van der Waals surface area contributed by atoms with Crippen LogP contribution in [0.5, 0.6) is 0 Å². The average molecular weight is 260 g/mol. The highest BCUT2D eigenvalue weighted by Gasteiger charge is 2.34. The Hall–Kier alpha value is -1.34. The van der Waals surface area contributed by atoms with E-state index in [2.05, 4.69) is 10.6 Å². The first-order valence-electron chi connectivity index (χ1n) is 5.88. The van der Waals surface area contributed by atoms with Gasteiger partial charge in [0, 0.05) is 13.7 Å². The molecule has 3 N–H and O–H groups in total. The van der Waals surface area contributed by atoms with Gasteiger partial charge in [0.1, 0.15) is 5.92 Å². The van der Waals surface area contributed by atoms with Crippen molar-refractivity contribution in [1.29, 1.82) is 0 Å². The van der Waals surface area contributed by atoms with E-state index in [1.165, 1.54) is 0 Å². The molecule has 104 valence electrons. The van der Waals surface area contributed by atoms with E-state index in [9.17, 15) is 9.59 Å². The summed E-state index contributed by atoms with van der Waals surface area (Å²) in [5.74, 6) is -1.42. The predicted molar refractivity (Wildman–Crippen MR) is 63.3 cm³/mol. The van der Waals surface area contributed by atoms with E-state index in [-0.39, 0.29) is 25.2 Å². The van der Waals surface area contributed by atoms with Crippen molar-refractivity contribution in [2.75, 3.05) is 33.5 Å². The van der Waals surface area contributed by atoms with E-state index >= 15 is 0 Å². The number of urea groups is 1. The normalized spacial score (nSPS) is 24.6. The molecule has 1 saturated heterocycles. The molecule has 0 aromatic heterocycles. The van der Waals surface area contributed by atoms with Crippen LogP contribution < -0.4 is 10.6 Å². The standard InChI is InChI=1S/C11H20N2O5/c1-7(4-17-2)3-12-11(16)13-9-6-18-5-8(9)10(14)15/h7-9H,3-6H2,1-2H3,(H,14,15)(H2,12,13,16). The number of carboxylic acids is 1. The lowest BCUT2D eigenvalue weighted by atomic mass is 10.0. The van der Waals surface area contributed by atoms with Gasteiger partial charge in [-0.2, -0.15) is 0 Å². The van der Waals surface area contributed by atoms with Crippen LogP contribution in [0.25, 0.3) is 0 Å². The summed E-state index contributed by atoms with van der Waals surface area (Å²) in [5, 5.41) is 14.2. The molecule has 7 heteroatoms. The smallest absolute Gasteiger partial charge is 0.315 e. The Bertz CT molecular complexity index is 297. The predicted octanol–water partition coefficient (Wildman–Crippen LogP) is -0.332. The van der Waals surface area contributed by atoms with Gasteiger partial charge in [0.05, 0.1) is 25.9 Å². The quantitative estimate of drug-likeness (QED) is 0.607. The van der Waals surface area contributed by atoms with Crippen LogP contribution in [0.3, 0.4) is 0 Å². The van der Waals surface area contributed by atoms with Gasteiger partial charge in [-0.3, -0.25) is 4.79 Å². The number of ether oxygens (including phenoxy) is 2. The van der Waals surface area contributed by atoms with Crippen LogP contribution in [0.1, 0.15) is 6.92 Å². The summed E-state index contributed by atoms with van der Waals surface area (Å²) in [6.07, 6.45) is 0. The van der Waals surface area contributed by atoms with E-state index in [1.807, 2.05) is 6.92 Å². The minimum absolute atomic E-state index is 0.139. The molecule has 0 bridgehead atoms. The molecule has 7 nitrogen and oxygen atoms in total. The highest BCUT2D eigenvalue weighted by molar-refractivity contribution is 5.77. The van der Waals surface area contributed by atoms with Gasteiger partial charge in [-0.25, -0.2) is 4.79 Å². The van der Waals surface area contributed by atoms with Crippen LogP contribution in [0.4, 0.5) is 4.79 Å². The van der Waals surface area contributed by atoms with Crippen LogP contribution in [-0.2, 0) is 14.3 Å². The lowest BCUT2D eigenvalue weighted by Crippen LogP contribution is -2.48. The summed E-state index contributed by atoms with van der Waals surface area (Å²) in [6, 6.07) is -0.847. The van der Waals surface area contributed by atoms with E-state index in [4.69, 9.17) is 14.6 Å². The first-order valence-corrected chi connectivity index (χ1v) is 5.88. The van der Waals surface area contributed by atoms with Gasteiger partial charge in [0.15, 0.2) is 0 Å². The van der Waals surface area contributed by atoms with Gasteiger partial charge in [0.25, 0.3) is 0 Å². The molecule has 1 aliphatic rings. The minimum atomic E-state index is -0.953. The molecule has 3 atom stereocenters. The van der Waals surface area contributed by atoms with Gasteiger partial charge in [-0.05, 0) is 5.92 Å². The van der Waals surface area contributed by atoms with Crippen molar-refractivity contribution in [2.45, 2.75) is 13.0 Å². The summed E-state index contributed by atoms with van der Waals surface area (Å²) in [5.41, 5.74) is 0. The fourth-order valence-electron chi connectivity index (χ4n) is 1.77. The van der Waals surface area contributed by atoms with Gasteiger partial charge in [0.2, 0.25) is 0 Å². The molecule has 0 saturated carbocycles. The highest BCUT2D eigenvalue weighted by Crippen LogP contribution is 2.13. The van der Waals surface area contributed by atoms with Crippen LogP contribution in [0.2, 0.25) is 0 Å². The monoisotopic (exact) mass is 260 g/mol. The zero-order valence-electron chi connectivity index (χ0n) is 10.6. The second-order valence-corrected chi connectivity index (χ2v) is 4.50. The third-order valence-electron chi connectivity index (χ3n) is 2.78. The number of hydrogen-bond donors (Lipinski definition) is 3. The molecule has 1 heterocycles. The third-order valence-corrected chi connectivity index (χ3v) is 2.78. The molecule has 1 fully saturated rings. The van der Waals surface area contributed by atoms with E-state index in [1.54, 1.807) is 7.11 Å². The van der Waals surface area contributed by atoms with E-state index in [0.717, 1.165) is 0 Å². The Kier molecular flexibility index (Phi) is 5.87. The number of carbonyl (C=O) groups is 2. The SMILES string of the molecule is COCC(C)CNC(=O)NC1COCC1C(=O)O. The summed E-state index contributed by atoms with van der Waals surface area (Å²) >= 11 is 0. The first-order chi connectivity index (χ1) is 8.54. The Morgan fingerprint density at radius 1 is 1.50 bits per heavy atom. The maximum atomic E-state index is 11.6. The summed E-state index contributed by atoms with van der Waals surface area (Å²) in [6.45, 7) is 3.36. The van der Waals surface area contributed by atoms with E-state index in [0.29, 0.717) is 13.2 Å². The molecular formula is C11H20N2O5. The van der Waals surface area contributed by atoms with Gasteiger partial charge >= 0.3 is 12.0 Å². The lowest BCUT2D eigenvalue weighted by Gasteiger charge is -2.17. The highest BCUT2D eigenvalue weighted by atomic mass is 16.5. The number of hydrogen-bond acceptors (Lipinski definition) is 4. The Morgan fingerprint density at radius 3 is 2.83 bits per heavy atom. The molecule has 3 unspecified atom stereocenters. The number of carbonyl (C=O) groups excluding carboxylic acids is 1. The summed E-state index contributed by atoms with van der Waals surface area (Å²) in [4.78, 5) is 22.4. The van der Waals surface area contributed by atoms with E-state index < -0.39 is 17.9 Å². The molecule has 0 radical (unpaired) electrons. The largest absolute Gasteiger partial charge is 0.481 e. The number of carboxylic acid groups (broad SMARTS) is 1. The Morgan fingerprint density at radius 2 is 2.22 bits per heavy atom. The van der Waals surface area contributed by atoms with Crippen molar-refractivity contribution in [2.24, 2.45) is 11.8 Å². The molecule has 1 aliphatic heterocycles. The fourth-order valence-corrected chi connectivity index (χ4v) is 1.77. The zero-order chi connectivity index (χ0) is 13.5. The maximum absolute atomic E-state index is 11.6. The maximum Gasteiger partial charge on any atom is 0.315 e. The number of amides is 2. The van der Waals surface area contributed by atoms with Crippen LogP contribution in [0, 0.1) is 11.8 Å². The fraction of sp³-hybridized carbons (Fsp3) is 0.818. The van der Waals surface area contributed by atoms with Gasteiger partial charge < -0.3 is 25.2 Å². The summed E-state index contributed by atoms with van der Waals surface area (Å²) in [7, 11) is 1.60. The van der Waals surface area contributed by atoms with Crippen molar-refractivity contribution in [3.8, 4) is 0 Å². The Labute approximate surface area is 106 Å². The molecule has 0 aromatic carbocycles. The zero-order valence-corrected chi connectivity index (χ0v) is 10.6. The third kappa shape index (κ3) is 4.50. The Balaban J connectivity index is 2.29. The van der Waals surface area contributed by atoms with Gasteiger partial charge in [-0.15, -0.1) is 0 Å². The van der Waals surface area contributed by atoms with Crippen molar-refractivity contribution in [3.63, 3.8) is 0 Å². The topological polar surface area (TPSA) is 96.9 Å². The number of rotatable bonds is 6. The van der Waals surface area contributed by atoms with Crippen molar-refractivity contribution >= 4 is 12.0 Å². The molecule has 0 aromatic rings. The first kappa shape index (κ1) is 14.7. The average Bonchev–Trinajstić information content (AvgIpc) is 2.75. The second kappa shape index (κ2) is 7.17. The number of aliphatic carboxylic acids is 1. The lowest BCUT2D eigenvalue weighted by molar-refractivity contribution is -0.142. The second-order valence-electron chi connectivity index (χ2n) is 4.50. The number of methoxy groups -OCH3 is 1. The molecule has 2 amide bonds. The van der Waals surface area contributed by atoms with Crippen molar-refractivity contribution in [1.82, 2.24) is 10.6 Å². The van der Waals surface area contributed by atoms with Crippen molar-refractivity contribution in [3.05, 3.63) is 0 Å². The van der Waals surface area contributed by atoms with Gasteiger partial charge in [-0.1, -0.05) is 6.92 Å². The molecule has 0 aliphatic carbocycles. The van der Waals surface area contributed by atoms with Crippen molar-refractivity contribution < 1.29 is 24.2 Å². The van der Waals surface area contributed by atoms with Crippen LogP contribution in [0.15, 0.2) is 0 Å². The molecule has 1 rings (SSSR count).